The molecule has 0 aliphatic heterocycles. The molecule has 3 aliphatic rings. The van der Waals surface area contributed by atoms with E-state index in [1.807, 2.05) is 7.11 Å². The summed E-state index contributed by atoms with van der Waals surface area (Å²) in [4.78, 5) is 0. The predicted molar refractivity (Wildman–Crippen MR) is 50.0 cm³/mol. The second kappa shape index (κ2) is 2.35. The van der Waals surface area contributed by atoms with Gasteiger partial charge in [-0.1, -0.05) is 19.4 Å². The molecule has 0 amide bonds. The molecule has 2 atom stereocenters. The summed E-state index contributed by atoms with van der Waals surface area (Å²) < 4.78 is 5.44. The summed E-state index contributed by atoms with van der Waals surface area (Å²) in [5.74, 6) is 0.876. The van der Waals surface area contributed by atoms with Gasteiger partial charge in [0.1, 0.15) is 0 Å². The second-order valence-electron chi connectivity index (χ2n) is 4.74. The Morgan fingerprint density at radius 2 is 2.08 bits per heavy atom. The maximum Gasteiger partial charge on any atom is 0.0784 e. The van der Waals surface area contributed by atoms with Crippen LogP contribution in [0, 0.1) is 11.3 Å². The smallest absolute Gasteiger partial charge is 0.0784 e. The number of hydrogen-bond donors (Lipinski definition) is 0. The number of allylic oxidation sites excluding steroid dienone is 1. The molecule has 1 saturated carbocycles. The van der Waals surface area contributed by atoms with Crippen LogP contribution < -0.4 is 0 Å². The Balaban J connectivity index is 2.32. The normalized spacial score (nSPS) is 38.0. The van der Waals surface area contributed by atoms with Crippen LogP contribution in [-0.4, -0.2) is 13.2 Å². The minimum atomic E-state index is 0.423. The van der Waals surface area contributed by atoms with Crippen LogP contribution in [0.4, 0.5) is 0 Å². The lowest BCUT2D eigenvalue weighted by atomic mass is 9.52. The summed E-state index contributed by atoms with van der Waals surface area (Å²) in [6, 6.07) is 0. The van der Waals surface area contributed by atoms with E-state index < -0.39 is 0 Å². The van der Waals surface area contributed by atoms with Crippen LogP contribution in [0.3, 0.4) is 0 Å². The van der Waals surface area contributed by atoms with E-state index in [4.69, 9.17) is 4.74 Å². The van der Waals surface area contributed by atoms with Gasteiger partial charge in [-0.3, -0.25) is 0 Å². The average Bonchev–Trinajstić information content (AvgIpc) is 2.03. The molecule has 0 radical (unpaired) electrons. The third kappa shape index (κ3) is 0.832. The first kappa shape index (κ1) is 8.31. The van der Waals surface area contributed by atoms with Gasteiger partial charge in [0.2, 0.25) is 0 Å². The zero-order valence-electron chi connectivity index (χ0n) is 8.48. The van der Waals surface area contributed by atoms with E-state index in [-0.39, 0.29) is 0 Å². The van der Waals surface area contributed by atoms with Crippen LogP contribution in [0.25, 0.3) is 0 Å². The van der Waals surface area contributed by atoms with E-state index >= 15 is 0 Å². The third-order valence-electron chi connectivity index (χ3n) is 3.99. The molecule has 0 spiro atoms. The number of methoxy groups -OCH3 is 1. The van der Waals surface area contributed by atoms with Crippen molar-refractivity contribution < 1.29 is 4.74 Å². The van der Waals surface area contributed by atoms with Gasteiger partial charge in [0.15, 0.2) is 0 Å². The molecule has 68 valence electrons. The second-order valence-corrected chi connectivity index (χ2v) is 4.74. The molecule has 0 aromatic rings. The molecule has 0 unspecified atom stereocenters. The highest BCUT2D eigenvalue weighted by molar-refractivity contribution is 5.35. The summed E-state index contributed by atoms with van der Waals surface area (Å²) in [5, 5.41) is 0. The van der Waals surface area contributed by atoms with Gasteiger partial charge in [-0.05, 0) is 36.7 Å². The Labute approximate surface area is 74.8 Å². The van der Waals surface area contributed by atoms with Crippen molar-refractivity contribution in [2.45, 2.75) is 39.7 Å². The fourth-order valence-electron chi connectivity index (χ4n) is 2.83. The molecular weight excluding hydrogens is 148 g/mol. The molecule has 0 saturated heterocycles. The molecule has 2 bridgehead atoms. The standard InChI is InChI=1S/C11H18O/c1-7-9-5-8(11(9,2)3)6-10(7)12-4/h8,10H,5-6H2,1-4H3/t8-,10+/m1/s1. The van der Waals surface area contributed by atoms with Crippen LogP contribution in [0.1, 0.15) is 33.6 Å². The lowest BCUT2D eigenvalue weighted by molar-refractivity contribution is 0.0286. The molecule has 0 heterocycles. The Kier molecular flexibility index (Phi) is 1.63. The zero-order valence-corrected chi connectivity index (χ0v) is 8.48. The van der Waals surface area contributed by atoms with E-state index in [9.17, 15) is 0 Å². The molecule has 12 heavy (non-hydrogen) atoms. The van der Waals surface area contributed by atoms with E-state index in [0.717, 1.165) is 5.92 Å². The van der Waals surface area contributed by atoms with Gasteiger partial charge in [-0.2, -0.15) is 0 Å². The summed E-state index contributed by atoms with van der Waals surface area (Å²) in [6.07, 6.45) is 2.99. The average molecular weight is 166 g/mol. The Morgan fingerprint density at radius 3 is 2.50 bits per heavy atom. The van der Waals surface area contributed by atoms with Crippen molar-refractivity contribution in [1.29, 1.82) is 0 Å². The number of rotatable bonds is 1. The summed E-state index contributed by atoms with van der Waals surface area (Å²) in [5.41, 5.74) is 3.65. The topological polar surface area (TPSA) is 9.23 Å². The maximum atomic E-state index is 5.44. The quantitative estimate of drug-likeness (QED) is 0.544. The molecule has 3 rings (SSSR count). The third-order valence-corrected chi connectivity index (χ3v) is 3.99. The molecule has 0 N–H and O–H groups in total. The van der Waals surface area contributed by atoms with Crippen molar-refractivity contribution >= 4 is 0 Å². The lowest BCUT2D eigenvalue weighted by Crippen LogP contribution is -2.46. The molecule has 1 heteroatoms. The Bertz CT molecular complexity index is 237. The van der Waals surface area contributed by atoms with Gasteiger partial charge >= 0.3 is 0 Å². The minimum Gasteiger partial charge on any atom is -0.377 e. The SMILES string of the molecule is CO[C@H]1C[C@H]2CC(=C1C)C2(C)C. The summed E-state index contributed by atoms with van der Waals surface area (Å²) in [6.45, 7) is 6.97. The van der Waals surface area contributed by atoms with Gasteiger partial charge in [0.05, 0.1) is 6.10 Å². The maximum absolute atomic E-state index is 5.44. The van der Waals surface area contributed by atoms with Gasteiger partial charge in [-0.15, -0.1) is 0 Å². The zero-order chi connectivity index (χ0) is 8.93. The van der Waals surface area contributed by atoms with Crippen molar-refractivity contribution in [2.75, 3.05) is 7.11 Å². The molecule has 0 aromatic carbocycles. The van der Waals surface area contributed by atoms with Crippen molar-refractivity contribution in [3.63, 3.8) is 0 Å². The van der Waals surface area contributed by atoms with Crippen LogP contribution in [0.2, 0.25) is 0 Å². The summed E-state index contributed by atoms with van der Waals surface area (Å²) in [7, 11) is 1.83. The fourth-order valence-corrected chi connectivity index (χ4v) is 2.83. The first-order valence-corrected chi connectivity index (χ1v) is 4.80. The Hall–Kier alpha value is -0.300. The van der Waals surface area contributed by atoms with Crippen LogP contribution >= 0.6 is 0 Å². The van der Waals surface area contributed by atoms with Crippen LogP contribution in [-0.2, 0) is 4.74 Å². The highest BCUT2D eigenvalue weighted by atomic mass is 16.5. The van der Waals surface area contributed by atoms with Crippen molar-refractivity contribution in [3.8, 4) is 0 Å². The molecule has 3 aliphatic carbocycles. The number of fused-ring (bicyclic) bond motifs is 2. The fraction of sp³-hybridized carbons (Fsp3) is 0.818. The van der Waals surface area contributed by atoms with Gasteiger partial charge in [0, 0.05) is 7.11 Å². The van der Waals surface area contributed by atoms with Crippen molar-refractivity contribution in [3.05, 3.63) is 11.1 Å². The van der Waals surface area contributed by atoms with Gasteiger partial charge in [0.25, 0.3) is 0 Å². The first-order valence-electron chi connectivity index (χ1n) is 4.80. The number of hydrogen-bond acceptors (Lipinski definition) is 1. The first-order chi connectivity index (χ1) is 5.57. The van der Waals surface area contributed by atoms with E-state index in [1.165, 1.54) is 18.4 Å². The predicted octanol–water partition coefficient (Wildman–Crippen LogP) is 2.77. The van der Waals surface area contributed by atoms with E-state index in [0.29, 0.717) is 11.5 Å². The van der Waals surface area contributed by atoms with Gasteiger partial charge < -0.3 is 4.74 Å². The van der Waals surface area contributed by atoms with Crippen molar-refractivity contribution in [1.82, 2.24) is 0 Å². The largest absolute Gasteiger partial charge is 0.377 e. The minimum absolute atomic E-state index is 0.423. The molecule has 0 aromatic heterocycles. The highest BCUT2D eigenvalue weighted by Crippen LogP contribution is 2.58. The molecular formula is C11H18O. The van der Waals surface area contributed by atoms with E-state index in [1.54, 1.807) is 5.57 Å². The number of ether oxygens (including phenoxy) is 1. The highest BCUT2D eigenvalue weighted by Gasteiger charge is 2.49. The molecule has 1 nitrogen and oxygen atoms in total. The monoisotopic (exact) mass is 166 g/mol. The van der Waals surface area contributed by atoms with Crippen LogP contribution in [0.5, 0.6) is 0 Å². The van der Waals surface area contributed by atoms with E-state index in [2.05, 4.69) is 20.8 Å². The van der Waals surface area contributed by atoms with Crippen LogP contribution in [0.15, 0.2) is 11.1 Å². The molecule has 1 fully saturated rings. The van der Waals surface area contributed by atoms with Gasteiger partial charge in [-0.25, -0.2) is 0 Å². The van der Waals surface area contributed by atoms with Crippen molar-refractivity contribution in [2.24, 2.45) is 11.3 Å². The Morgan fingerprint density at radius 1 is 1.42 bits per heavy atom. The lowest BCUT2D eigenvalue weighted by Gasteiger charge is -2.54. The summed E-state index contributed by atoms with van der Waals surface area (Å²) >= 11 is 0.